The molecular weight excluding hydrogens is 116 g/mol. The lowest BCUT2D eigenvalue weighted by Crippen LogP contribution is -2.26. The summed E-state index contributed by atoms with van der Waals surface area (Å²) < 4.78 is 7.22. The van der Waals surface area contributed by atoms with Gasteiger partial charge in [-0.15, -0.1) is 0 Å². The molecule has 2 N–H and O–H groups in total. The van der Waals surface area contributed by atoms with Gasteiger partial charge in [0.05, 0.1) is 1.37 Å². The first-order valence-corrected chi connectivity index (χ1v) is 2.81. The van der Waals surface area contributed by atoms with Crippen molar-refractivity contribution in [2.75, 3.05) is 0 Å². The van der Waals surface area contributed by atoms with Crippen molar-refractivity contribution in [2.24, 2.45) is 0 Å². The maximum atomic E-state index is 9.21. The normalized spacial score (nSPS) is 44.1. The maximum Gasteiger partial charge on any atom is 0.105 e. The Morgan fingerprint density at radius 2 is 2.33 bits per heavy atom. The fourth-order valence-electron chi connectivity index (χ4n) is 0.715. The van der Waals surface area contributed by atoms with Crippen LogP contribution in [0.3, 0.4) is 0 Å². The van der Waals surface area contributed by atoms with Gasteiger partial charge in [-0.1, -0.05) is 18.2 Å². The van der Waals surface area contributed by atoms with Gasteiger partial charge in [0.25, 0.3) is 0 Å². The van der Waals surface area contributed by atoms with Crippen LogP contribution >= 0.6 is 0 Å². The molecule has 0 unspecified atom stereocenters. The molecule has 1 aliphatic carbocycles. The fraction of sp³-hybridized carbons (Fsp3) is 0.429. The molecular formula is C7H10O2. The van der Waals surface area contributed by atoms with Gasteiger partial charge in [-0.2, -0.15) is 0 Å². The van der Waals surface area contributed by atoms with Crippen molar-refractivity contribution in [3.63, 3.8) is 0 Å². The number of hydrogen-bond acceptors (Lipinski definition) is 2. The molecule has 2 nitrogen and oxygen atoms in total. The second kappa shape index (κ2) is 2.33. The van der Waals surface area contributed by atoms with Gasteiger partial charge in [0.2, 0.25) is 0 Å². The molecule has 0 aromatic rings. The van der Waals surface area contributed by atoms with Gasteiger partial charge in [-0.3, -0.25) is 0 Å². The molecule has 0 saturated carbocycles. The van der Waals surface area contributed by atoms with Gasteiger partial charge in [0.15, 0.2) is 0 Å². The first-order chi connectivity index (χ1) is 4.55. The summed E-state index contributed by atoms with van der Waals surface area (Å²) in [5.74, 6) is 0. The van der Waals surface area contributed by atoms with Gasteiger partial charge in [-0.25, -0.2) is 0 Å². The SMILES string of the molecule is [2H][C@@]1(O)C(C)=CC=C[C@@H]1O. The largest absolute Gasteiger partial charge is 0.386 e. The highest BCUT2D eigenvalue weighted by molar-refractivity contribution is 5.23. The van der Waals surface area contributed by atoms with E-state index in [1.54, 1.807) is 19.1 Å². The van der Waals surface area contributed by atoms with Crippen LogP contribution in [-0.2, 0) is 0 Å². The summed E-state index contributed by atoms with van der Waals surface area (Å²) in [6.45, 7) is 1.61. The predicted octanol–water partition coefficient (Wildman–Crippen LogP) is 0.224. The molecule has 0 spiro atoms. The predicted molar refractivity (Wildman–Crippen MR) is 34.9 cm³/mol. The van der Waals surface area contributed by atoms with E-state index in [1.807, 2.05) is 0 Å². The summed E-state index contributed by atoms with van der Waals surface area (Å²) in [6, 6.07) is 0. The zero-order chi connectivity index (χ0) is 7.78. The third-order valence-corrected chi connectivity index (χ3v) is 1.32. The lowest BCUT2D eigenvalue weighted by molar-refractivity contribution is 0.0716. The number of allylic oxidation sites excluding steroid dienone is 2. The van der Waals surface area contributed by atoms with Crippen LogP contribution in [0, 0.1) is 0 Å². The Bertz CT molecular complexity index is 194. The molecule has 1 rings (SSSR count). The zero-order valence-corrected chi connectivity index (χ0v) is 5.20. The van der Waals surface area contributed by atoms with Crippen LogP contribution in [0.25, 0.3) is 0 Å². The minimum Gasteiger partial charge on any atom is -0.386 e. The molecule has 0 saturated heterocycles. The van der Waals surface area contributed by atoms with Crippen LogP contribution in [-0.4, -0.2) is 22.4 Å². The number of aliphatic hydroxyl groups is 2. The Labute approximate surface area is 55.5 Å². The standard InChI is InChI=1S/C7H10O2/c1-5-3-2-4-6(8)7(5)9/h2-4,6-9H,1H3/t6-,7+/m0/s1/i7D. The average molecular weight is 127 g/mol. The van der Waals surface area contributed by atoms with Crippen LogP contribution in [0.4, 0.5) is 0 Å². The highest BCUT2D eigenvalue weighted by Crippen LogP contribution is 2.11. The van der Waals surface area contributed by atoms with Crippen LogP contribution in [0.15, 0.2) is 23.8 Å². The highest BCUT2D eigenvalue weighted by atomic mass is 16.3. The molecule has 0 aliphatic heterocycles. The van der Waals surface area contributed by atoms with Crippen molar-refractivity contribution in [3.05, 3.63) is 23.8 Å². The van der Waals surface area contributed by atoms with Gasteiger partial charge in [0.1, 0.15) is 12.2 Å². The van der Waals surface area contributed by atoms with Gasteiger partial charge in [-0.05, 0) is 12.5 Å². The van der Waals surface area contributed by atoms with Crippen molar-refractivity contribution in [1.29, 1.82) is 0 Å². The van der Waals surface area contributed by atoms with Crippen LogP contribution in [0.5, 0.6) is 0 Å². The van der Waals surface area contributed by atoms with E-state index >= 15 is 0 Å². The third kappa shape index (κ3) is 1.20. The Hall–Kier alpha value is -0.600. The molecule has 0 heterocycles. The quantitative estimate of drug-likeness (QED) is 0.489. The smallest absolute Gasteiger partial charge is 0.105 e. The first-order valence-electron chi connectivity index (χ1n) is 3.31. The minimum absolute atomic E-state index is 0.461. The van der Waals surface area contributed by atoms with E-state index in [1.165, 1.54) is 6.08 Å². The van der Waals surface area contributed by atoms with Crippen molar-refractivity contribution in [3.8, 4) is 0 Å². The fourth-order valence-corrected chi connectivity index (χ4v) is 0.715. The van der Waals surface area contributed by atoms with E-state index in [9.17, 15) is 5.11 Å². The zero-order valence-electron chi connectivity index (χ0n) is 6.20. The molecule has 0 fully saturated rings. The van der Waals surface area contributed by atoms with E-state index in [0.29, 0.717) is 5.57 Å². The average Bonchev–Trinajstić information content (AvgIpc) is 1.84. The van der Waals surface area contributed by atoms with Crippen LogP contribution < -0.4 is 0 Å². The molecule has 0 bridgehead atoms. The number of hydrogen-bond donors (Lipinski definition) is 2. The van der Waals surface area contributed by atoms with Crippen molar-refractivity contribution in [1.82, 2.24) is 0 Å². The highest BCUT2D eigenvalue weighted by Gasteiger charge is 2.16. The molecule has 50 valence electrons. The Kier molecular flexibility index (Phi) is 1.35. The number of rotatable bonds is 0. The summed E-state index contributed by atoms with van der Waals surface area (Å²) in [4.78, 5) is 0. The van der Waals surface area contributed by atoms with Crippen molar-refractivity contribution in [2.45, 2.75) is 19.1 Å². The molecule has 1 aliphatic rings. The summed E-state index contributed by atoms with van der Waals surface area (Å²) in [5.41, 5.74) is 0.461. The number of aliphatic hydroxyl groups excluding tert-OH is 1. The van der Waals surface area contributed by atoms with Crippen molar-refractivity contribution < 1.29 is 11.6 Å². The van der Waals surface area contributed by atoms with Crippen LogP contribution in [0.1, 0.15) is 8.29 Å². The second-order valence-corrected chi connectivity index (χ2v) is 2.06. The summed E-state index contributed by atoms with van der Waals surface area (Å²) in [7, 11) is 0. The topological polar surface area (TPSA) is 40.5 Å². The third-order valence-electron chi connectivity index (χ3n) is 1.32. The second-order valence-electron chi connectivity index (χ2n) is 2.06. The monoisotopic (exact) mass is 127 g/mol. The van der Waals surface area contributed by atoms with E-state index in [2.05, 4.69) is 0 Å². The van der Waals surface area contributed by atoms with E-state index in [-0.39, 0.29) is 0 Å². The molecule has 0 aromatic heterocycles. The summed E-state index contributed by atoms with van der Waals surface area (Å²) in [5, 5.41) is 18.3. The van der Waals surface area contributed by atoms with Crippen molar-refractivity contribution >= 4 is 0 Å². The first kappa shape index (κ1) is 5.21. The van der Waals surface area contributed by atoms with Gasteiger partial charge in [0, 0.05) is 0 Å². The molecule has 9 heavy (non-hydrogen) atoms. The Morgan fingerprint density at radius 3 is 2.78 bits per heavy atom. The lowest BCUT2D eigenvalue weighted by atomic mass is 10.0. The summed E-state index contributed by atoms with van der Waals surface area (Å²) in [6.07, 6.45) is 1.70. The van der Waals surface area contributed by atoms with E-state index in [0.717, 1.165) is 0 Å². The van der Waals surface area contributed by atoms with E-state index in [4.69, 9.17) is 6.48 Å². The maximum absolute atomic E-state index is 9.21. The van der Waals surface area contributed by atoms with E-state index < -0.39 is 12.2 Å². The Balaban J connectivity index is 2.93. The molecule has 0 aromatic carbocycles. The lowest BCUT2D eigenvalue weighted by Gasteiger charge is -2.17. The molecule has 0 radical (unpaired) electrons. The van der Waals surface area contributed by atoms with Crippen LogP contribution in [0.2, 0.25) is 0 Å². The molecule has 2 heteroatoms. The summed E-state index contributed by atoms with van der Waals surface area (Å²) >= 11 is 0. The molecule has 0 amide bonds. The van der Waals surface area contributed by atoms with Gasteiger partial charge < -0.3 is 10.2 Å². The molecule has 2 atom stereocenters. The minimum atomic E-state index is -1.82. The van der Waals surface area contributed by atoms with Gasteiger partial charge >= 0.3 is 0 Å². The Morgan fingerprint density at radius 1 is 1.67 bits per heavy atom.